The molecule has 74 valence electrons. The normalized spacial score (nSPS) is 21.0. The summed E-state index contributed by atoms with van der Waals surface area (Å²) in [5.74, 6) is -1.73. The summed E-state index contributed by atoms with van der Waals surface area (Å²) in [7, 11) is 0. The van der Waals surface area contributed by atoms with Gasteiger partial charge in [-0.3, -0.25) is 4.79 Å². The Balaban J connectivity index is 2.36. The Morgan fingerprint density at radius 1 is 1.29 bits per heavy atom. The number of benzene rings is 1. The van der Waals surface area contributed by atoms with Crippen molar-refractivity contribution in [2.75, 3.05) is 0 Å². The Kier molecular flexibility index (Phi) is 2.19. The van der Waals surface area contributed by atoms with E-state index in [0.717, 1.165) is 12.1 Å². The second-order valence-corrected chi connectivity index (χ2v) is 3.15. The minimum absolute atomic E-state index is 0.140. The summed E-state index contributed by atoms with van der Waals surface area (Å²) in [5, 5.41) is 0. The lowest BCUT2D eigenvalue weighted by Crippen LogP contribution is -2.04. The maximum absolute atomic E-state index is 13.2. The quantitative estimate of drug-likeness (QED) is 0.647. The van der Waals surface area contributed by atoms with E-state index >= 15 is 0 Å². The van der Waals surface area contributed by atoms with E-state index in [1.807, 2.05) is 0 Å². The predicted molar refractivity (Wildman–Crippen MR) is 44.4 cm³/mol. The average molecular weight is 198 g/mol. The molecule has 0 N–H and O–H groups in total. The third-order valence-electron chi connectivity index (χ3n) is 2.21. The number of carbonyl (C=O) groups is 1. The van der Waals surface area contributed by atoms with Gasteiger partial charge in [0.1, 0.15) is 17.7 Å². The van der Waals surface area contributed by atoms with Gasteiger partial charge in [-0.25, -0.2) is 8.78 Å². The van der Waals surface area contributed by atoms with Crippen LogP contribution in [0.25, 0.3) is 0 Å². The molecule has 0 unspecified atom stereocenters. The van der Waals surface area contributed by atoms with Gasteiger partial charge in [0.25, 0.3) is 0 Å². The first-order chi connectivity index (χ1) is 6.68. The fourth-order valence-corrected chi connectivity index (χ4v) is 1.55. The molecule has 0 bridgehead atoms. The van der Waals surface area contributed by atoms with Gasteiger partial charge < -0.3 is 4.74 Å². The molecule has 2 nitrogen and oxygen atoms in total. The van der Waals surface area contributed by atoms with Crippen LogP contribution in [0.1, 0.15) is 24.5 Å². The highest BCUT2D eigenvalue weighted by Crippen LogP contribution is 2.32. The SMILES string of the molecule is O=C1CC[C@@H](c2c(F)cccc2F)O1. The Hall–Kier alpha value is -1.45. The molecular weight excluding hydrogens is 190 g/mol. The van der Waals surface area contributed by atoms with Crippen molar-refractivity contribution < 1.29 is 18.3 Å². The van der Waals surface area contributed by atoms with Crippen molar-refractivity contribution in [3.8, 4) is 0 Å². The lowest BCUT2D eigenvalue weighted by molar-refractivity contribution is -0.141. The van der Waals surface area contributed by atoms with Crippen LogP contribution in [-0.2, 0) is 9.53 Å². The number of esters is 1. The van der Waals surface area contributed by atoms with Gasteiger partial charge in [-0.05, 0) is 18.6 Å². The Bertz CT molecular complexity index is 356. The first-order valence-electron chi connectivity index (χ1n) is 4.32. The summed E-state index contributed by atoms with van der Waals surface area (Å²) in [5.41, 5.74) is -0.140. The summed E-state index contributed by atoms with van der Waals surface area (Å²) >= 11 is 0. The summed E-state index contributed by atoms with van der Waals surface area (Å²) < 4.78 is 31.2. The summed E-state index contributed by atoms with van der Waals surface area (Å²) in [6.45, 7) is 0. The lowest BCUT2D eigenvalue weighted by Gasteiger charge is -2.10. The van der Waals surface area contributed by atoms with Crippen LogP contribution < -0.4 is 0 Å². The van der Waals surface area contributed by atoms with E-state index < -0.39 is 23.7 Å². The topological polar surface area (TPSA) is 26.3 Å². The molecule has 1 aromatic carbocycles. The molecule has 0 spiro atoms. The van der Waals surface area contributed by atoms with E-state index in [-0.39, 0.29) is 12.0 Å². The smallest absolute Gasteiger partial charge is 0.306 e. The molecule has 0 radical (unpaired) electrons. The van der Waals surface area contributed by atoms with Gasteiger partial charge in [-0.2, -0.15) is 0 Å². The number of hydrogen-bond acceptors (Lipinski definition) is 2. The van der Waals surface area contributed by atoms with Crippen LogP contribution in [0, 0.1) is 11.6 Å². The minimum Gasteiger partial charge on any atom is -0.457 e. The number of hydrogen-bond donors (Lipinski definition) is 0. The van der Waals surface area contributed by atoms with Gasteiger partial charge in [0, 0.05) is 6.42 Å². The summed E-state index contributed by atoms with van der Waals surface area (Å²) in [6.07, 6.45) is -0.196. The summed E-state index contributed by atoms with van der Waals surface area (Å²) in [4.78, 5) is 10.8. The fourth-order valence-electron chi connectivity index (χ4n) is 1.55. The van der Waals surface area contributed by atoms with Crippen LogP contribution in [0.15, 0.2) is 18.2 Å². The predicted octanol–water partition coefficient (Wildman–Crippen LogP) is 2.34. The van der Waals surface area contributed by atoms with Crippen LogP contribution in [-0.4, -0.2) is 5.97 Å². The van der Waals surface area contributed by atoms with Gasteiger partial charge in [-0.1, -0.05) is 6.07 Å². The molecule has 0 amide bonds. The number of ether oxygens (including phenoxy) is 1. The first kappa shape index (κ1) is 9.12. The van der Waals surface area contributed by atoms with Crippen molar-refractivity contribution >= 4 is 5.97 Å². The molecule has 1 atom stereocenters. The van der Waals surface area contributed by atoms with E-state index in [2.05, 4.69) is 0 Å². The molecule has 2 rings (SSSR count). The van der Waals surface area contributed by atoms with Crippen LogP contribution in [0.4, 0.5) is 8.78 Å². The van der Waals surface area contributed by atoms with Gasteiger partial charge in [0.15, 0.2) is 0 Å². The zero-order chi connectivity index (χ0) is 10.1. The molecule has 14 heavy (non-hydrogen) atoms. The highest BCUT2D eigenvalue weighted by Gasteiger charge is 2.29. The highest BCUT2D eigenvalue weighted by molar-refractivity contribution is 5.71. The largest absolute Gasteiger partial charge is 0.457 e. The lowest BCUT2D eigenvalue weighted by atomic mass is 10.1. The van der Waals surface area contributed by atoms with Crippen molar-refractivity contribution in [1.29, 1.82) is 0 Å². The van der Waals surface area contributed by atoms with Gasteiger partial charge in [0.05, 0.1) is 5.56 Å². The third-order valence-corrected chi connectivity index (χ3v) is 2.21. The zero-order valence-corrected chi connectivity index (χ0v) is 7.30. The van der Waals surface area contributed by atoms with E-state index in [9.17, 15) is 13.6 Å². The van der Waals surface area contributed by atoms with Crippen molar-refractivity contribution in [3.63, 3.8) is 0 Å². The Morgan fingerprint density at radius 3 is 2.43 bits per heavy atom. The molecule has 1 fully saturated rings. The van der Waals surface area contributed by atoms with Crippen molar-refractivity contribution in [1.82, 2.24) is 0 Å². The Morgan fingerprint density at radius 2 is 1.93 bits per heavy atom. The fraction of sp³-hybridized carbons (Fsp3) is 0.300. The molecule has 4 heteroatoms. The Labute approximate surface area is 79.5 Å². The number of carbonyl (C=O) groups excluding carboxylic acids is 1. The van der Waals surface area contributed by atoms with Crippen LogP contribution in [0.2, 0.25) is 0 Å². The number of rotatable bonds is 1. The van der Waals surface area contributed by atoms with Crippen molar-refractivity contribution in [2.45, 2.75) is 18.9 Å². The molecule has 1 aliphatic heterocycles. The average Bonchev–Trinajstić information content (AvgIpc) is 2.51. The molecule has 0 saturated carbocycles. The zero-order valence-electron chi connectivity index (χ0n) is 7.30. The van der Waals surface area contributed by atoms with Gasteiger partial charge >= 0.3 is 5.97 Å². The van der Waals surface area contributed by atoms with E-state index in [1.165, 1.54) is 6.07 Å². The molecule has 1 aromatic rings. The molecule has 1 saturated heterocycles. The second kappa shape index (κ2) is 3.36. The van der Waals surface area contributed by atoms with Gasteiger partial charge in [-0.15, -0.1) is 0 Å². The summed E-state index contributed by atoms with van der Waals surface area (Å²) in [6, 6.07) is 3.60. The minimum atomic E-state index is -0.760. The van der Waals surface area contributed by atoms with E-state index in [0.29, 0.717) is 6.42 Å². The van der Waals surface area contributed by atoms with Crippen LogP contribution >= 0.6 is 0 Å². The van der Waals surface area contributed by atoms with Gasteiger partial charge in [0.2, 0.25) is 0 Å². The third kappa shape index (κ3) is 1.47. The monoisotopic (exact) mass is 198 g/mol. The second-order valence-electron chi connectivity index (χ2n) is 3.15. The van der Waals surface area contributed by atoms with Crippen molar-refractivity contribution in [2.24, 2.45) is 0 Å². The highest BCUT2D eigenvalue weighted by atomic mass is 19.1. The number of cyclic esters (lactones) is 1. The van der Waals surface area contributed by atoms with E-state index in [4.69, 9.17) is 4.74 Å². The maximum atomic E-state index is 13.2. The molecular formula is C10H8F2O2. The maximum Gasteiger partial charge on any atom is 0.306 e. The number of halogens is 2. The van der Waals surface area contributed by atoms with Crippen LogP contribution in [0.5, 0.6) is 0 Å². The van der Waals surface area contributed by atoms with E-state index in [1.54, 1.807) is 0 Å². The van der Waals surface area contributed by atoms with Crippen molar-refractivity contribution in [3.05, 3.63) is 35.4 Å². The molecule has 1 aliphatic rings. The van der Waals surface area contributed by atoms with Crippen LogP contribution in [0.3, 0.4) is 0 Å². The molecule has 0 aromatic heterocycles. The first-order valence-corrected chi connectivity index (χ1v) is 4.32. The standard InChI is InChI=1S/C10H8F2O2/c11-6-2-1-3-7(12)10(6)8-4-5-9(13)14-8/h1-3,8H,4-5H2/t8-/m0/s1. The molecule has 1 heterocycles. The molecule has 0 aliphatic carbocycles.